The van der Waals surface area contributed by atoms with Gasteiger partial charge in [0.25, 0.3) is 0 Å². The second-order valence-electron chi connectivity index (χ2n) is 7.31. The Morgan fingerprint density at radius 2 is 2.21 bits per heavy atom. The maximum Gasteiger partial charge on any atom is 0.433 e. The molecule has 2 atom stereocenters. The zero-order valence-electron chi connectivity index (χ0n) is 15.8. The number of carbonyl (C=O) groups excluding carboxylic acids is 1. The summed E-state index contributed by atoms with van der Waals surface area (Å²) in [4.78, 5) is 36.1. The zero-order chi connectivity index (χ0) is 20.5. The van der Waals surface area contributed by atoms with Crippen LogP contribution in [0.1, 0.15) is 17.0 Å². The molecule has 152 valence electrons. The lowest BCUT2D eigenvalue weighted by Crippen LogP contribution is -2.44. The minimum absolute atomic E-state index is 0.0000691. The highest BCUT2D eigenvalue weighted by Crippen LogP contribution is 2.42. The summed E-state index contributed by atoms with van der Waals surface area (Å²) in [6.07, 6.45) is 3.93. The molecule has 0 spiro atoms. The van der Waals surface area contributed by atoms with Crippen molar-refractivity contribution in [1.82, 2.24) is 14.6 Å². The largest absolute Gasteiger partial charge is 0.444 e. The highest BCUT2D eigenvalue weighted by molar-refractivity contribution is 6.18. The number of alkyl halides is 1. The van der Waals surface area contributed by atoms with Gasteiger partial charge in [-0.15, -0.1) is 21.4 Å². The van der Waals surface area contributed by atoms with E-state index in [0.717, 1.165) is 34.0 Å². The number of aromatic nitrogens is 1. The molecule has 4 rings (SSSR count). The maximum absolute atomic E-state index is 12.0. The fourth-order valence-electron chi connectivity index (χ4n) is 4.38. The lowest BCUT2D eigenvalue weighted by molar-refractivity contribution is 0.109. The van der Waals surface area contributed by atoms with Crippen molar-refractivity contribution >= 4 is 28.6 Å². The Labute approximate surface area is 171 Å². The molecule has 2 aliphatic rings. The summed E-state index contributed by atoms with van der Waals surface area (Å²) < 4.78 is 6.64. The molecule has 0 bridgehead atoms. The minimum Gasteiger partial charge on any atom is -0.444 e. The van der Waals surface area contributed by atoms with Crippen molar-refractivity contribution < 1.29 is 9.53 Å². The Hall–Kier alpha value is -2.78. The first kappa shape index (κ1) is 19.5. The van der Waals surface area contributed by atoms with Crippen LogP contribution in [0.25, 0.3) is 10.9 Å². The molecule has 0 saturated carbocycles. The van der Waals surface area contributed by atoms with Crippen LogP contribution in [0, 0.1) is 9.81 Å². The Morgan fingerprint density at radius 3 is 2.93 bits per heavy atom. The fourth-order valence-corrected chi connectivity index (χ4v) is 4.54. The molecule has 1 aromatic carbocycles. The smallest absolute Gasteiger partial charge is 0.433 e. The van der Waals surface area contributed by atoms with Crippen LogP contribution < -0.4 is 0 Å². The van der Waals surface area contributed by atoms with Gasteiger partial charge >= 0.3 is 6.09 Å². The van der Waals surface area contributed by atoms with E-state index >= 15 is 0 Å². The van der Waals surface area contributed by atoms with Crippen LogP contribution in [-0.4, -0.2) is 59.3 Å². The molecule has 1 aliphatic heterocycles. The van der Waals surface area contributed by atoms with E-state index in [9.17, 15) is 14.6 Å². The predicted molar refractivity (Wildman–Crippen MR) is 109 cm³/mol. The number of amides is 1. The number of likely N-dealkylation sites (N-methyl/N-ethyl adjacent to an activating group) is 1. The zero-order valence-corrected chi connectivity index (χ0v) is 16.6. The highest BCUT2D eigenvalue weighted by Gasteiger charge is 2.36. The van der Waals surface area contributed by atoms with Gasteiger partial charge in [-0.3, -0.25) is 4.90 Å². The van der Waals surface area contributed by atoms with Crippen molar-refractivity contribution in [1.29, 1.82) is 0 Å². The van der Waals surface area contributed by atoms with Crippen LogP contribution in [0.4, 0.5) is 4.79 Å². The Bertz CT molecular complexity index is 1000. The van der Waals surface area contributed by atoms with E-state index in [1.807, 2.05) is 25.4 Å². The summed E-state index contributed by atoms with van der Waals surface area (Å²) in [6, 6.07) is 6.11. The van der Waals surface area contributed by atoms with Gasteiger partial charge in [0.2, 0.25) is 0 Å². The van der Waals surface area contributed by atoms with Crippen LogP contribution in [0.5, 0.6) is 0 Å². The van der Waals surface area contributed by atoms with Crippen LogP contribution in [0.2, 0.25) is 0 Å². The summed E-state index contributed by atoms with van der Waals surface area (Å²) in [5, 5.41) is 7.49. The second-order valence-corrected chi connectivity index (χ2v) is 7.69. The molecule has 0 radical (unpaired) electrons. The van der Waals surface area contributed by atoms with Gasteiger partial charge in [0.15, 0.2) is 0 Å². The van der Waals surface area contributed by atoms with E-state index in [1.54, 1.807) is 0 Å². The summed E-state index contributed by atoms with van der Waals surface area (Å²) in [7, 11) is 2.03. The molecule has 2 unspecified atom stereocenters. The van der Waals surface area contributed by atoms with Crippen molar-refractivity contribution in [3.8, 4) is 0 Å². The summed E-state index contributed by atoms with van der Waals surface area (Å²) in [5.74, 6) is 0.196. The Morgan fingerprint density at radius 1 is 1.38 bits per heavy atom. The van der Waals surface area contributed by atoms with Crippen molar-refractivity contribution in [3.63, 3.8) is 0 Å². The molecule has 0 N–H and O–H groups in total. The molecule has 2 aromatic rings. The number of fused-ring (bicyclic) bond motifs is 2. The molecular formula is C19H20ClN5O4. The number of ether oxygens (including phenoxy) is 1. The third kappa shape index (κ3) is 3.40. The van der Waals surface area contributed by atoms with E-state index in [4.69, 9.17) is 16.3 Å². The lowest BCUT2D eigenvalue weighted by Gasteiger charge is -2.41. The van der Waals surface area contributed by atoms with Crippen LogP contribution in [0.15, 0.2) is 46.6 Å². The average Bonchev–Trinajstić information content (AvgIpc) is 3.10. The number of nitroso groups, excluding NO2 is 2. The number of nitrogens with zero attached hydrogens (tertiary/aromatic N) is 5. The number of benzene rings is 1. The maximum atomic E-state index is 12.0. The lowest BCUT2D eigenvalue weighted by atomic mass is 9.77. The van der Waals surface area contributed by atoms with Gasteiger partial charge in [-0.25, -0.2) is 9.47 Å². The normalized spacial score (nSPS) is 20.7. The molecule has 2 heterocycles. The van der Waals surface area contributed by atoms with Gasteiger partial charge in [-0.1, -0.05) is 18.2 Å². The van der Waals surface area contributed by atoms with Gasteiger partial charge in [0.1, 0.15) is 6.61 Å². The second kappa shape index (κ2) is 7.92. The van der Waals surface area contributed by atoms with Crippen molar-refractivity contribution in [2.45, 2.75) is 18.4 Å². The van der Waals surface area contributed by atoms with Gasteiger partial charge in [-0.2, -0.15) is 5.01 Å². The van der Waals surface area contributed by atoms with Crippen molar-refractivity contribution in [2.24, 2.45) is 10.6 Å². The monoisotopic (exact) mass is 417 g/mol. The Kier molecular flexibility index (Phi) is 5.33. The molecule has 1 aliphatic carbocycles. The SMILES string of the molecule is CN1CC(COC(=O)N(CCCl)N=O)=CC2c3cccc4c3c(cn4N=O)CC21. The molecule has 1 aromatic heterocycles. The predicted octanol–water partition coefficient (Wildman–Crippen LogP) is 3.41. The number of rotatable bonds is 6. The van der Waals surface area contributed by atoms with Crippen molar-refractivity contribution in [3.05, 3.63) is 57.0 Å². The van der Waals surface area contributed by atoms with Gasteiger partial charge < -0.3 is 4.74 Å². The number of hydrogen-bond acceptors (Lipinski definition) is 7. The van der Waals surface area contributed by atoms with Crippen LogP contribution >= 0.6 is 11.6 Å². The van der Waals surface area contributed by atoms with Crippen molar-refractivity contribution in [2.75, 3.05) is 32.6 Å². The quantitative estimate of drug-likeness (QED) is 0.310. The molecule has 1 amide bonds. The minimum atomic E-state index is -0.812. The summed E-state index contributed by atoms with van der Waals surface area (Å²) in [6.45, 7) is 0.705. The van der Waals surface area contributed by atoms with E-state index < -0.39 is 6.09 Å². The van der Waals surface area contributed by atoms with Crippen LogP contribution in [-0.2, 0) is 11.2 Å². The third-order valence-corrected chi connectivity index (χ3v) is 5.80. The van der Waals surface area contributed by atoms with Gasteiger partial charge in [-0.05, 0) is 36.2 Å². The molecular weight excluding hydrogens is 398 g/mol. The van der Waals surface area contributed by atoms with E-state index in [1.165, 1.54) is 4.68 Å². The first-order chi connectivity index (χ1) is 14.1. The first-order valence-corrected chi connectivity index (χ1v) is 9.80. The van der Waals surface area contributed by atoms with E-state index in [0.29, 0.717) is 11.6 Å². The fraction of sp³-hybridized carbons (Fsp3) is 0.421. The average molecular weight is 418 g/mol. The Balaban J connectivity index is 1.61. The molecule has 9 nitrogen and oxygen atoms in total. The molecule has 0 fully saturated rings. The van der Waals surface area contributed by atoms with Gasteiger partial charge in [0.05, 0.1) is 22.6 Å². The van der Waals surface area contributed by atoms with Crippen LogP contribution in [0.3, 0.4) is 0 Å². The molecule has 10 heteroatoms. The standard InChI is InChI=1S/C19H20ClN5O4/c1-23-9-12(11-29-19(26)24(21-27)6-5-20)7-15-14-3-2-4-16-18(14)13(8-17(15)23)10-25(16)22-28/h2-4,7,10,15,17H,5-6,8-9,11H2,1H3. The number of carbonyl (C=O) groups is 1. The summed E-state index contributed by atoms with van der Waals surface area (Å²) >= 11 is 5.56. The topological polar surface area (TPSA) is 96.6 Å². The third-order valence-electron chi connectivity index (χ3n) is 5.63. The molecule has 0 saturated heterocycles. The van der Waals surface area contributed by atoms with E-state index in [2.05, 4.69) is 27.6 Å². The van der Waals surface area contributed by atoms with E-state index in [-0.39, 0.29) is 31.0 Å². The summed E-state index contributed by atoms with van der Waals surface area (Å²) in [5.41, 5.74) is 3.98. The van der Waals surface area contributed by atoms with Gasteiger partial charge in [0, 0.05) is 36.0 Å². The highest BCUT2D eigenvalue weighted by atomic mass is 35.5. The first-order valence-electron chi connectivity index (χ1n) is 9.27. The number of halogens is 1. The molecule has 29 heavy (non-hydrogen) atoms. The number of hydrogen-bond donors (Lipinski definition) is 0.